The van der Waals surface area contributed by atoms with Gasteiger partial charge in [-0.05, 0) is 36.5 Å². The molecule has 0 amide bonds. The van der Waals surface area contributed by atoms with Gasteiger partial charge in [0.05, 0.1) is 0 Å². The highest BCUT2D eigenvalue weighted by Gasteiger charge is 2.02. The molecule has 0 saturated heterocycles. The Morgan fingerprint density at radius 3 is 2.31 bits per heavy atom. The third-order valence-electron chi connectivity index (χ3n) is 2.38. The summed E-state index contributed by atoms with van der Waals surface area (Å²) in [6.07, 6.45) is 0. The van der Waals surface area contributed by atoms with E-state index in [9.17, 15) is 0 Å². The molecule has 0 atom stereocenters. The zero-order chi connectivity index (χ0) is 10.0. The van der Waals surface area contributed by atoms with Crippen LogP contribution in [0, 0.1) is 6.92 Å². The average Bonchev–Trinajstić information content (AvgIpc) is 2.03. The Morgan fingerprint density at radius 1 is 1.31 bits per heavy atom. The molecule has 0 heterocycles. The van der Waals surface area contributed by atoms with Crippen molar-refractivity contribution in [3.63, 3.8) is 0 Å². The number of aryl methyl sites for hydroxylation is 1. The first-order chi connectivity index (χ1) is 6.02. The minimum atomic E-state index is 0.609. The van der Waals surface area contributed by atoms with Crippen molar-refractivity contribution in [3.05, 3.63) is 41.5 Å². The van der Waals surface area contributed by atoms with Gasteiger partial charge in [-0.3, -0.25) is 0 Å². The standard InChI is InChI=1S/C13H18/c1-9(2)12-6-7-13(10(3)4)11(5)8-12/h6-9H,3H2,1-2,4-5H3. The van der Waals surface area contributed by atoms with Crippen molar-refractivity contribution in [2.75, 3.05) is 0 Å². The minimum absolute atomic E-state index is 0.609. The molecule has 0 N–H and O–H groups in total. The molecule has 0 nitrogen and oxygen atoms in total. The van der Waals surface area contributed by atoms with E-state index >= 15 is 0 Å². The second kappa shape index (κ2) is 3.78. The summed E-state index contributed by atoms with van der Waals surface area (Å²) < 4.78 is 0. The zero-order valence-electron chi connectivity index (χ0n) is 9.02. The van der Waals surface area contributed by atoms with Crippen LogP contribution in [0.1, 0.15) is 43.4 Å². The molecule has 1 aromatic carbocycles. The lowest BCUT2D eigenvalue weighted by Gasteiger charge is -2.10. The van der Waals surface area contributed by atoms with Crippen LogP contribution in [0.5, 0.6) is 0 Å². The third-order valence-corrected chi connectivity index (χ3v) is 2.38. The van der Waals surface area contributed by atoms with Gasteiger partial charge in [-0.2, -0.15) is 0 Å². The summed E-state index contributed by atoms with van der Waals surface area (Å²) in [6.45, 7) is 12.6. The van der Waals surface area contributed by atoms with Crippen molar-refractivity contribution in [1.82, 2.24) is 0 Å². The number of allylic oxidation sites excluding steroid dienone is 1. The number of benzene rings is 1. The van der Waals surface area contributed by atoms with Crippen molar-refractivity contribution in [3.8, 4) is 0 Å². The quantitative estimate of drug-likeness (QED) is 0.631. The SMILES string of the molecule is C=C(C)c1ccc(C(C)C)cc1C. The summed E-state index contributed by atoms with van der Waals surface area (Å²) in [6, 6.07) is 6.63. The highest BCUT2D eigenvalue weighted by Crippen LogP contribution is 2.22. The number of hydrogen-bond donors (Lipinski definition) is 0. The van der Waals surface area contributed by atoms with Crippen LogP contribution in [-0.2, 0) is 0 Å². The van der Waals surface area contributed by atoms with Crippen LogP contribution >= 0.6 is 0 Å². The summed E-state index contributed by atoms with van der Waals surface area (Å²) in [4.78, 5) is 0. The predicted molar refractivity (Wildman–Crippen MR) is 60.0 cm³/mol. The molecule has 0 heteroatoms. The lowest BCUT2D eigenvalue weighted by atomic mass is 9.95. The Morgan fingerprint density at radius 2 is 1.92 bits per heavy atom. The summed E-state index contributed by atoms with van der Waals surface area (Å²) >= 11 is 0. The van der Waals surface area contributed by atoms with E-state index in [4.69, 9.17) is 0 Å². The van der Waals surface area contributed by atoms with E-state index in [-0.39, 0.29) is 0 Å². The molecule has 0 aliphatic heterocycles. The number of hydrogen-bond acceptors (Lipinski definition) is 0. The molecule has 70 valence electrons. The molecule has 0 aliphatic rings. The predicted octanol–water partition coefficient (Wildman–Crippen LogP) is 4.15. The monoisotopic (exact) mass is 174 g/mol. The van der Waals surface area contributed by atoms with E-state index in [1.54, 1.807) is 0 Å². The van der Waals surface area contributed by atoms with Gasteiger partial charge in [0.15, 0.2) is 0 Å². The second-order valence-corrected chi connectivity index (χ2v) is 4.01. The average molecular weight is 174 g/mol. The fourth-order valence-corrected chi connectivity index (χ4v) is 1.52. The van der Waals surface area contributed by atoms with Gasteiger partial charge in [-0.1, -0.05) is 44.2 Å². The molecule has 0 saturated carbocycles. The van der Waals surface area contributed by atoms with E-state index in [1.165, 1.54) is 16.7 Å². The van der Waals surface area contributed by atoms with E-state index in [0.717, 1.165) is 5.57 Å². The van der Waals surface area contributed by atoms with Crippen LogP contribution in [0.4, 0.5) is 0 Å². The van der Waals surface area contributed by atoms with Crippen molar-refractivity contribution < 1.29 is 0 Å². The molecule has 0 fully saturated rings. The smallest absolute Gasteiger partial charge is 0.0204 e. The molecule has 1 aromatic rings. The Labute approximate surface area is 81.3 Å². The van der Waals surface area contributed by atoms with E-state index in [2.05, 4.69) is 52.5 Å². The van der Waals surface area contributed by atoms with Gasteiger partial charge in [-0.25, -0.2) is 0 Å². The highest BCUT2D eigenvalue weighted by molar-refractivity contribution is 5.64. The highest BCUT2D eigenvalue weighted by atomic mass is 14.1. The van der Waals surface area contributed by atoms with E-state index in [0.29, 0.717) is 5.92 Å². The maximum atomic E-state index is 3.96. The van der Waals surface area contributed by atoms with Gasteiger partial charge in [0.1, 0.15) is 0 Å². The molecular weight excluding hydrogens is 156 g/mol. The normalized spacial score (nSPS) is 10.5. The summed E-state index contributed by atoms with van der Waals surface area (Å²) in [5.41, 5.74) is 5.17. The molecule has 1 rings (SSSR count). The second-order valence-electron chi connectivity index (χ2n) is 4.01. The molecule has 0 unspecified atom stereocenters. The van der Waals surface area contributed by atoms with E-state index in [1.807, 2.05) is 0 Å². The third kappa shape index (κ3) is 2.21. The molecule has 0 aliphatic carbocycles. The van der Waals surface area contributed by atoms with Crippen molar-refractivity contribution in [2.24, 2.45) is 0 Å². The van der Waals surface area contributed by atoms with Crippen LogP contribution in [0.2, 0.25) is 0 Å². The van der Waals surface area contributed by atoms with Crippen molar-refractivity contribution in [1.29, 1.82) is 0 Å². The maximum Gasteiger partial charge on any atom is -0.0204 e. The summed E-state index contributed by atoms with van der Waals surface area (Å²) in [5, 5.41) is 0. The molecule has 0 bridgehead atoms. The fraction of sp³-hybridized carbons (Fsp3) is 0.385. The lowest BCUT2D eigenvalue weighted by Crippen LogP contribution is -1.91. The first kappa shape index (κ1) is 10.0. The summed E-state index contributed by atoms with van der Waals surface area (Å²) in [7, 11) is 0. The van der Waals surface area contributed by atoms with Gasteiger partial charge in [-0.15, -0.1) is 0 Å². The van der Waals surface area contributed by atoms with Crippen LogP contribution < -0.4 is 0 Å². The first-order valence-electron chi connectivity index (χ1n) is 4.78. The molecular formula is C13H18. The topological polar surface area (TPSA) is 0 Å². The molecule has 0 aromatic heterocycles. The Kier molecular flexibility index (Phi) is 2.92. The van der Waals surface area contributed by atoms with Gasteiger partial charge in [0, 0.05) is 0 Å². The van der Waals surface area contributed by atoms with Gasteiger partial charge >= 0.3 is 0 Å². The lowest BCUT2D eigenvalue weighted by molar-refractivity contribution is 0.864. The fourth-order valence-electron chi connectivity index (χ4n) is 1.52. The molecule has 0 radical (unpaired) electrons. The van der Waals surface area contributed by atoms with Gasteiger partial charge in [0.2, 0.25) is 0 Å². The van der Waals surface area contributed by atoms with Gasteiger partial charge < -0.3 is 0 Å². The van der Waals surface area contributed by atoms with Crippen LogP contribution in [-0.4, -0.2) is 0 Å². The molecule has 0 spiro atoms. The zero-order valence-corrected chi connectivity index (χ0v) is 9.02. The Balaban J connectivity index is 3.13. The van der Waals surface area contributed by atoms with Gasteiger partial charge in [0.25, 0.3) is 0 Å². The van der Waals surface area contributed by atoms with E-state index < -0.39 is 0 Å². The first-order valence-corrected chi connectivity index (χ1v) is 4.78. The molecule has 13 heavy (non-hydrogen) atoms. The van der Waals surface area contributed by atoms with Crippen molar-refractivity contribution >= 4 is 5.57 Å². The number of rotatable bonds is 2. The largest absolute Gasteiger partial charge is 0.0955 e. The van der Waals surface area contributed by atoms with Crippen LogP contribution in [0.3, 0.4) is 0 Å². The summed E-state index contributed by atoms with van der Waals surface area (Å²) in [5.74, 6) is 0.609. The van der Waals surface area contributed by atoms with Crippen LogP contribution in [0.15, 0.2) is 24.8 Å². The van der Waals surface area contributed by atoms with Crippen LogP contribution in [0.25, 0.3) is 5.57 Å². The Hall–Kier alpha value is -1.04. The Bertz CT molecular complexity index is 319. The maximum absolute atomic E-state index is 3.96. The minimum Gasteiger partial charge on any atom is -0.0955 e. The van der Waals surface area contributed by atoms with Crippen molar-refractivity contribution in [2.45, 2.75) is 33.6 Å².